The Kier molecular flexibility index (Phi) is 5.75. The molecule has 1 aromatic heterocycles. The summed E-state index contributed by atoms with van der Waals surface area (Å²) in [5.74, 6) is 1.33. The molecule has 1 saturated heterocycles. The first-order valence-corrected chi connectivity index (χ1v) is 5.58. The van der Waals surface area contributed by atoms with Gasteiger partial charge in [-0.1, -0.05) is 0 Å². The number of rotatable bonds is 3. The van der Waals surface area contributed by atoms with Gasteiger partial charge in [0.15, 0.2) is 0 Å². The molecule has 1 atom stereocenters. The molecule has 0 aromatic carbocycles. The second-order valence-electron chi connectivity index (χ2n) is 4.01. The van der Waals surface area contributed by atoms with Crippen molar-refractivity contribution in [3.8, 4) is 11.8 Å². The van der Waals surface area contributed by atoms with Crippen LogP contribution in [0.3, 0.4) is 0 Å². The summed E-state index contributed by atoms with van der Waals surface area (Å²) < 4.78 is 5.63. The van der Waals surface area contributed by atoms with Gasteiger partial charge in [-0.05, 0) is 31.5 Å². The summed E-state index contributed by atoms with van der Waals surface area (Å²) in [6, 6.07) is 5.45. The van der Waals surface area contributed by atoms with Crippen molar-refractivity contribution in [1.82, 2.24) is 10.3 Å². The van der Waals surface area contributed by atoms with E-state index in [1.807, 2.05) is 6.07 Å². The van der Waals surface area contributed by atoms with E-state index in [1.54, 1.807) is 18.3 Å². The van der Waals surface area contributed by atoms with E-state index < -0.39 is 0 Å². The molecule has 1 N–H and O–H groups in total. The normalized spacial score (nSPS) is 18.9. The molecule has 1 aromatic rings. The number of hydrogen-bond donors (Lipinski definition) is 1. The Morgan fingerprint density at radius 3 is 3.00 bits per heavy atom. The van der Waals surface area contributed by atoms with E-state index in [2.05, 4.69) is 10.3 Å². The van der Waals surface area contributed by atoms with Crippen molar-refractivity contribution in [2.24, 2.45) is 5.92 Å². The fraction of sp³-hybridized carbons (Fsp3) is 0.500. The summed E-state index contributed by atoms with van der Waals surface area (Å²) >= 11 is 0. The van der Waals surface area contributed by atoms with Crippen molar-refractivity contribution in [1.29, 1.82) is 5.26 Å². The number of nitrogens with one attached hydrogen (secondary N) is 1. The molecule has 0 aliphatic carbocycles. The lowest BCUT2D eigenvalue weighted by atomic mass is 10.0. The van der Waals surface area contributed by atoms with Gasteiger partial charge in [-0.25, -0.2) is 4.98 Å². The molecule has 0 radical (unpaired) electrons. The first kappa shape index (κ1) is 13.8. The average molecular weight is 254 g/mol. The van der Waals surface area contributed by atoms with E-state index in [4.69, 9.17) is 10.00 Å². The molecule has 2 heterocycles. The molecular weight excluding hydrogens is 238 g/mol. The Morgan fingerprint density at radius 1 is 1.53 bits per heavy atom. The number of ether oxygens (including phenoxy) is 1. The third-order valence-corrected chi connectivity index (χ3v) is 2.74. The maximum absolute atomic E-state index is 8.60. The van der Waals surface area contributed by atoms with Crippen molar-refractivity contribution >= 4 is 12.4 Å². The van der Waals surface area contributed by atoms with Crippen LogP contribution in [0.2, 0.25) is 0 Å². The predicted molar refractivity (Wildman–Crippen MR) is 67.3 cm³/mol. The van der Waals surface area contributed by atoms with Crippen LogP contribution in [0.1, 0.15) is 18.5 Å². The molecule has 0 unspecified atom stereocenters. The lowest BCUT2D eigenvalue weighted by molar-refractivity contribution is 0.218. The number of pyridine rings is 1. The van der Waals surface area contributed by atoms with Gasteiger partial charge in [0.05, 0.1) is 12.8 Å². The highest BCUT2D eigenvalue weighted by atomic mass is 35.5. The van der Waals surface area contributed by atoms with E-state index in [9.17, 15) is 0 Å². The molecule has 0 amide bonds. The Labute approximate surface area is 107 Å². The smallest absolute Gasteiger partial charge is 0.140 e. The minimum atomic E-state index is 0. The first-order valence-electron chi connectivity index (χ1n) is 5.58. The zero-order valence-corrected chi connectivity index (χ0v) is 10.4. The average Bonchev–Trinajstić information content (AvgIpc) is 2.38. The molecule has 1 aliphatic rings. The standard InChI is InChI=1S/C12H15N3O.ClH/c13-6-11-3-4-12(8-15-11)16-9-10-2-1-5-14-7-10;/h3-4,8,10,14H,1-2,5,7,9H2;1H/t10-;/m1./s1. The number of aromatic nitrogens is 1. The van der Waals surface area contributed by atoms with Crippen LogP contribution in [0, 0.1) is 17.2 Å². The lowest BCUT2D eigenvalue weighted by Gasteiger charge is -2.22. The molecule has 5 heteroatoms. The van der Waals surface area contributed by atoms with Crippen LogP contribution in [-0.4, -0.2) is 24.7 Å². The molecule has 1 aliphatic heterocycles. The van der Waals surface area contributed by atoms with Crippen LogP contribution in [0.25, 0.3) is 0 Å². The molecule has 4 nitrogen and oxygen atoms in total. The molecule has 0 spiro atoms. The van der Waals surface area contributed by atoms with Gasteiger partial charge in [0.2, 0.25) is 0 Å². The number of nitrogens with zero attached hydrogens (tertiary/aromatic N) is 2. The molecule has 1 fully saturated rings. The summed E-state index contributed by atoms with van der Waals surface area (Å²) in [6.07, 6.45) is 4.05. The molecule has 92 valence electrons. The first-order chi connectivity index (χ1) is 7.88. The number of piperidine rings is 1. The SMILES string of the molecule is Cl.N#Cc1ccc(OC[C@@H]2CCCNC2)cn1. The van der Waals surface area contributed by atoms with Crippen molar-refractivity contribution in [2.45, 2.75) is 12.8 Å². The summed E-state index contributed by atoms with van der Waals surface area (Å²) in [5, 5.41) is 12.0. The zero-order valence-electron chi connectivity index (χ0n) is 9.56. The number of hydrogen-bond acceptors (Lipinski definition) is 4. The van der Waals surface area contributed by atoms with E-state index in [0.717, 1.165) is 25.4 Å². The molecule has 0 bridgehead atoms. The Bertz CT molecular complexity index is 368. The minimum absolute atomic E-state index is 0. The number of halogens is 1. The third kappa shape index (κ3) is 4.22. The van der Waals surface area contributed by atoms with Gasteiger partial charge < -0.3 is 10.1 Å². The molecule has 17 heavy (non-hydrogen) atoms. The highest BCUT2D eigenvalue weighted by molar-refractivity contribution is 5.85. The second kappa shape index (κ2) is 7.10. The van der Waals surface area contributed by atoms with E-state index in [-0.39, 0.29) is 12.4 Å². The van der Waals surface area contributed by atoms with Gasteiger partial charge >= 0.3 is 0 Å². The van der Waals surface area contributed by atoms with Crippen LogP contribution in [0.4, 0.5) is 0 Å². The van der Waals surface area contributed by atoms with Gasteiger partial charge in [-0.15, -0.1) is 12.4 Å². The third-order valence-electron chi connectivity index (χ3n) is 2.74. The predicted octanol–water partition coefficient (Wildman–Crippen LogP) is 1.75. The fourth-order valence-electron chi connectivity index (χ4n) is 1.81. The van der Waals surface area contributed by atoms with Gasteiger partial charge in [0.25, 0.3) is 0 Å². The van der Waals surface area contributed by atoms with Crippen LogP contribution in [-0.2, 0) is 0 Å². The highest BCUT2D eigenvalue weighted by Crippen LogP contribution is 2.14. The molecular formula is C12H16ClN3O. The van der Waals surface area contributed by atoms with E-state index in [0.29, 0.717) is 11.6 Å². The van der Waals surface area contributed by atoms with Crippen LogP contribution < -0.4 is 10.1 Å². The Balaban J connectivity index is 0.00000144. The minimum Gasteiger partial charge on any atom is -0.492 e. The summed E-state index contributed by atoms with van der Waals surface area (Å²) in [4.78, 5) is 3.96. The largest absolute Gasteiger partial charge is 0.492 e. The van der Waals surface area contributed by atoms with Gasteiger partial charge in [-0.3, -0.25) is 0 Å². The van der Waals surface area contributed by atoms with Crippen LogP contribution in [0.5, 0.6) is 5.75 Å². The van der Waals surface area contributed by atoms with Crippen LogP contribution >= 0.6 is 12.4 Å². The summed E-state index contributed by atoms with van der Waals surface area (Å²) in [7, 11) is 0. The van der Waals surface area contributed by atoms with Crippen molar-refractivity contribution < 1.29 is 4.74 Å². The Morgan fingerprint density at radius 2 is 2.41 bits per heavy atom. The zero-order chi connectivity index (χ0) is 11.2. The quantitative estimate of drug-likeness (QED) is 0.892. The Hall–Kier alpha value is -1.31. The van der Waals surface area contributed by atoms with Crippen LogP contribution in [0.15, 0.2) is 18.3 Å². The monoisotopic (exact) mass is 253 g/mol. The van der Waals surface area contributed by atoms with Gasteiger partial charge in [0, 0.05) is 12.5 Å². The highest BCUT2D eigenvalue weighted by Gasteiger charge is 2.13. The fourth-order valence-corrected chi connectivity index (χ4v) is 1.81. The topological polar surface area (TPSA) is 57.9 Å². The van der Waals surface area contributed by atoms with Crippen molar-refractivity contribution in [3.63, 3.8) is 0 Å². The molecule has 0 saturated carbocycles. The van der Waals surface area contributed by atoms with E-state index in [1.165, 1.54) is 12.8 Å². The summed E-state index contributed by atoms with van der Waals surface area (Å²) in [5.41, 5.74) is 0.423. The second-order valence-corrected chi connectivity index (χ2v) is 4.01. The molecule has 2 rings (SSSR count). The van der Waals surface area contributed by atoms with E-state index >= 15 is 0 Å². The maximum Gasteiger partial charge on any atom is 0.140 e. The van der Waals surface area contributed by atoms with Gasteiger partial charge in [0.1, 0.15) is 17.5 Å². The van der Waals surface area contributed by atoms with Crippen molar-refractivity contribution in [2.75, 3.05) is 19.7 Å². The number of nitriles is 1. The van der Waals surface area contributed by atoms with Crippen molar-refractivity contribution in [3.05, 3.63) is 24.0 Å². The lowest BCUT2D eigenvalue weighted by Crippen LogP contribution is -2.33. The maximum atomic E-state index is 8.60. The summed E-state index contributed by atoms with van der Waals surface area (Å²) in [6.45, 7) is 2.87. The van der Waals surface area contributed by atoms with Gasteiger partial charge in [-0.2, -0.15) is 5.26 Å².